The lowest BCUT2D eigenvalue weighted by molar-refractivity contribution is -0.153. The molecule has 0 saturated carbocycles. The van der Waals surface area contributed by atoms with Crippen LogP contribution in [0.2, 0.25) is 0 Å². The number of imide groups is 1. The minimum Gasteiger partial charge on any atom is -0.455 e. The fourth-order valence-corrected chi connectivity index (χ4v) is 1.87. The van der Waals surface area contributed by atoms with Crippen molar-refractivity contribution in [1.82, 2.24) is 10.6 Å². The zero-order chi connectivity index (χ0) is 17.3. The van der Waals surface area contributed by atoms with Crippen LogP contribution in [0.1, 0.15) is 39.2 Å². The third-order valence-corrected chi connectivity index (χ3v) is 3.41. The van der Waals surface area contributed by atoms with Gasteiger partial charge >= 0.3 is 12.0 Å². The van der Waals surface area contributed by atoms with Gasteiger partial charge in [-0.25, -0.2) is 4.79 Å². The molecule has 1 rings (SSSR count). The number of amides is 3. The average Bonchev–Trinajstić information content (AvgIpc) is 2.53. The lowest BCUT2D eigenvalue weighted by Crippen LogP contribution is -2.42. The van der Waals surface area contributed by atoms with Crippen molar-refractivity contribution in [2.45, 2.75) is 39.0 Å². The Bertz CT molecular complexity index is 541. The molecule has 23 heavy (non-hydrogen) atoms. The van der Waals surface area contributed by atoms with E-state index in [4.69, 9.17) is 4.74 Å². The van der Waals surface area contributed by atoms with E-state index in [1.165, 1.54) is 0 Å². The zero-order valence-corrected chi connectivity index (χ0v) is 13.8. The van der Waals surface area contributed by atoms with E-state index in [9.17, 15) is 14.4 Å². The van der Waals surface area contributed by atoms with Crippen LogP contribution in [0.4, 0.5) is 4.79 Å². The highest BCUT2D eigenvalue weighted by Gasteiger charge is 2.31. The maximum absolute atomic E-state index is 12.2. The Balaban J connectivity index is 2.43. The molecule has 1 aromatic carbocycles. The first kappa shape index (κ1) is 18.7. The summed E-state index contributed by atoms with van der Waals surface area (Å²) in [6.45, 7) is 5.45. The summed E-state index contributed by atoms with van der Waals surface area (Å²) >= 11 is 0. The van der Waals surface area contributed by atoms with Crippen molar-refractivity contribution in [3.8, 4) is 0 Å². The molecule has 6 heteroatoms. The summed E-state index contributed by atoms with van der Waals surface area (Å²) in [7, 11) is 0. The molecule has 0 aromatic heterocycles. The third-order valence-electron chi connectivity index (χ3n) is 3.41. The summed E-state index contributed by atoms with van der Waals surface area (Å²) < 4.78 is 5.02. The van der Waals surface area contributed by atoms with Crippen LogP contribution in [0.15, 0.2) is 30.3 Å². The van der Waals surface area contributed by atoms with Crippen LogP contribution < -0.4 is 10.6 Å². The van der Waals surface area contributed by atoms with Crippen LogP contribution in [0, 0.1) is 0 Å². The van der Waals surface area contributed by atoms with Crippen LogP contribution in [-0.4, -0.2) is 31.1 Å². The molecule has 0 spiro atoms. The van der Waals surface area contributed by atoms with Crippen LogP contribution >= 0.6 is 0 Å². The number of esters is 1. The second kappa shape index (κ2) is 8.92. The zero-order valence-electron chi connectivity index (χ0n) is 13.8. The predicted octanol–water partition coefficient (Wildman–Crippen LogP) is 2.13. The average molecular weight is 320 g/mol. The van der Waals surface area contributed by atoms with Gasteiger partial charge in [0.15, 0.2) is 6.61 Å². The van der Waals surface area contributed by atoms with Gasteiger partial charge < -0.3 is 10.1 Å². The molecule has 0 atom stereocenters. The minimum absolute atomic E-state index is 0.490. The number of nitrogens with one attached hydrogen (secondary N) is 2. The maximum Gasteiger partial charge on any atom is 0.321 e. The molecule has 0 radical (unpaired) electrons. The summed E-state index contributed by atoms with van der Waals surface area (Å²) in [5.74, 6) is -1.18. The number of hydrogen-bond acceptors (Lipinski definition) is 4. The molecule has 126 valence electrons. The number of carbonyl (C=O) groups excluding carboxylic acids is 3. The molecule has 2 N–H and O–H groups in total. The SMILES string of the molecule is CCCCNC(=O)NC(=O)COC(=O)C(C)(C)c1ccccc1. The minimum atomic E-state index is -0.870. The fourth-order valence-electron chi connectivity index (χ4n) is 1.87. The topological polar surface area (TPSA) is 84.5 Å². The van der Waals surface area contributed by atoms with Crippen molar-refractivity contribution in [2.75, 3.05) is 13.2 Å². The van der Waals surface area contributed by atoms with Crippen molar-refractivity contribution in [1.29, 1.82) is 0 Å². The standard InChI is InChI=1S/C17H24N2O4/c1-4-5-11-18-16(22)19-14(20)12-23-15(21)17(2,3)13-9-7-6-8-10-13/h6-10H,4-5,11-12H2,1-3H3,(H2,18,19,20,22). The van der Waals surface area contributed by atoms with E-state index in [1.54, 1.807) is 13.8 Å². The van der Waals surface area contributed by atoms with E-state index in [2.05, 4.69) is 10.6 Å². The molecular formula is C17H24N2O4. The first-order valence-electron chi connectivity index (χ1n) is 7.68. The molecule has 0 fully saturated rings. The number of hydrogen-bond donors (Lipinski definition) is 2. The fraction of sp³-hybridized carbons (Fsp3) is 0.471. The van der Waals surface area contributed by atoms with Gasteiger partial charge in [-0.2, -0.15) is 0 Å². The molecule has 6 nitrogen and oxygen atoms in total. The van der Waals surface area contributed by atoms with Crippen LogP contribution in [-0.2, 0) is 19.7 Å². The number of rotatable bonds is 7. The second-order valence-electron chi connectivity index (χ2n) is 5.72. The molecule has 0 aliphatic carbocycles. The quantitative estimate of drug-likeness (QED) is 0.595. The van der Waals surface area contributed by atoms with Crippen molar-refractivity contribution in [2.24, 2.45) is 0 Å². The van der Waals surface area contributed by atoms with Gasteiger partial charge in [-0.05, 0) is 25.8 Å². The molecule has 1 aromatic rings. The van der Waals surface area contributed by atoms with E-state index in [0.717, 1.165) is 18.4 Å². The number of benzene rings is 1. The lowest BCUT2D eigenvalue weighted by atomic mass is 9.85. The van der Waals surface area contributed by atoms with Crippen molar-refractivity contribution < 1.29 is 19.1 Å². The molecule has 0 saturated heterocycles. The monoisotopic (exact) mass is 320 g/mol. The normalized spacial score (nSPS) is 10.7. The van der Waals surface area contributed by atoms with Gasteiger partial charge in [0.1, 0.15) is 0 Å². The molecule has 3 amide bonds. The van der Waals surface area contributed by atoms with E-state index < -0.39 is 29.9 Å². The van der Waals surface area contributed by atoms with Crippen LogP contribution in [0.25, 0.3) is 0 Å². The summed E-state index contributed by atoms with van der Waals surface area (Å²) in [5.41, 5.74) is -0.0759. The highest BCUT2D eigenvalue weighted by atomic mass is 16.5. The Morgan fingerprint density at radius 1 is 1.13 bits per heavy atom. The number of ether oxygens (including phenoxy) is 1. The summed E-state index contributed by atoms with van der Waals surface area (Å²) in [4.78, 5) is 35.2. The molecule has 0 unspecified atom stereocenters. The Kier molecular flexibility index (Phi) is 7.25. The van der Waals surface area contributed by atoms with E-state index in [1.807, 2.05) is 37.3 Å². The first-order valence-corrected chi connectivity index (χ1v) is 7.68. The molecular weight excluding hydrogens is 296 g/mol. The van der Waals surface area contributed by atoms with Crippen molar-refractivity contribution in [3.63, 3.8) is 0 Å². The highest BCUT2D eigenvalue weighted by molar-refractivity contribution is 5.96. The Morgan fingerprint density at radius 3 is 2.39 bits per heavy atom. The maximum atomic E-state index is 12.2. The van der Waals surface area contributed by atoms with Crippen LogP contribution in [0.3, 0.4) is 0 Å². The lowest BCUT2D eigenvalue weighted by Gasteiger charge is -2.22. The molecule has 0 bridgehead atoms. The van der Waals surface area contributed by atoms with E-state index >= 15 is 0 Å². The van der Waals surface area contributed by atoms with E-state index in [-0.39, 0.29) is 0 Å². The second-order valence-corrected chi connectivity index (χ2v) is 5.72. The summed E-state index contributed by atoms with van der Waals surface area (Å²) in [5, 5.41) is 4.67. The van der Waals surface area contributed by atoms with Gasteiger partial charge in [0, 0.05) is 6.54 Å². The molecule has 0 aliphatic heterocycles. The van der Waals surface area contributed by atoms with E-state index in [0.29, 0.717) is 6.54 Å². The largest absolute Gasteiger partial charge is 0.455 e. The number of carbonyl (C=O) groups is 3. The van der Waals surface area contributed by atoms with Gasteiger partial charge in [0.05, 0.1) is 5.41 Å². The van der Waals surface area contributed by atoms with Crippen molar-refractivity contribution in [3.05, 3.63) is 35.9 Å². The van der Waals surface area contributed by atoms with Crippen molar-refractivity contribution >= 4 is 17.9 Å². The number of unbranched alkanes of at least 4 members (excludes halogenated alkanes) is 1. The molecule has 0 heterocycles. The Morgan fingerprint density at radius 2 is 1.78 bits per heavy atom. The van der Waals surface area contributed by atoms with Gasteiger partial charge in [-0.3, -0.25) is 14.9 Å². The van der Waals surface area contributed by atoms with Gasteiger partial charge in [-0.15, -0.1) is 0 Å². The number of urea groups is 1. The molecule has 0 aliphatic rings. The predicted molar refractivity (Wildman–Crippen MR) is 86.9 cm³/mol. The van der Waals surface area contributed by atoms with Gasteiger partial charge in [0.25, 0.3) is 5.91 Å². The first-order chi connectivity index (χ1) is 10.9. The summed E-state index contributed by atoms with van der Waals surface area (Å²) in [6, 6.07) is 8.58. The smallest absolute Gasteiger partial charge is 0.321 e. The highest BCUT2D eigenvalue weighted by Crippen LogP contribution is 2.24. The van der Waals surface area contributed by atoms with Gasteiger partial charge in [-0.1, -0.05) is 43.7 Å². The third kappa shape index (κ3) is 6.10. The Labute approximate surface area is 136 Å². The van der Waals surface area contributed by atoms with Gasteiger partial charge in [0.2, 0.25) is 0 Å². The van der Waals surface area contributed by atoms with Crippen LogP contribution in [0.5, 0.6) is 0 Å². The Hall–Kier alpha value is -2.37. The summed E-state index contributed by atoms with van der Waals surface area (Å²) in [6.07, 6.45) is 1.78.